The van der Waals surface area contributed by atoms with Crippen molar-refractivity contribution in [2.24, 2.45) is 0 Å². The molecule has 0 aliphatic carbocycles. The third-order valence-corrected chi connectivity index (χ3v) is 5.27. The van der Waals surface area contributed by atoms with Gasteiger partial charge in [-0.05, 0) is 61.8 Å². The molecule has 0 saturated heterocycles. The van der Waals surface area contributed by atoms with Gasteiger partial charge >= 0.3 is 0 Å². The molecule has 2 rings (SSSR count). The molecule has 0 aliphatic rings. The molecule has 0 heterocycles. The minimum Gasteiger partial charge on any atom is -0.316 e. The summed E-state index contributed by atoms with van der Waals surface area (Å²) in [5, 5.41) is 3.16. The lowest BCUT2D eigenvalue weighted by atomic mass is 10.1. The lowest BCUT2D eigenvalue weighted by molar-refractivity contribution is 0.600. The van der Waals surface area contributed by atoms with E-state index in [1.807, 2.05) is 12.1 Å². The van der Waals surface area contributed by atoms with E-state index >= 15 is 0 Å². The maximum atomic E-state index is 13.1. The Labute approximate surface area is 147 Å². The van der Waals surface area contributed by atoms with Gasteiger partial charge in [0, 0.05) is 5.69 Å². The van der Waals surface area contributed by atoms with E-state index in [0.29, 0.717) is 5.69 Å². The Morgan fingerprint density at radius 2 is 1.79 bits per heavy atom. The molecule has 130 valence electrons. The van der Waals surface area contributed by atoms with Crippen LogP contribution in [0.25, 0.3) is 0 Å². The Balaban J connectivity index is 2.04. The predicted octanol–water partition coefficient (Wildman–Crippen LogP) is 3.82. The summed E-state index contributed by atoms with van der Waals surface area (Å²) in [6, 6.07) is 10.3. The van der Waals surface area contributed by atoms with E-state index in [-0.39, 0.29) is 9.92 Å². The molecule has 0 aliphatic heterocycles. The van der Waals surface area contributed by atoms with Crippen LogP contribution in [0.15, 0.2) is 47.4 Å². The van der Waals surface area contributed by atoms with E-state index in [2.05, 4.69) is 17.0 Å². The normalized spacial score (nSPS) is 11.5. The van der Waals surface area contributed by atoms with E-state index in [1.165, 1.54) is 0 Å². The van der Waals surface area contributed by atoms with Crippen molar-refractivity contribution in [1.82, 2.24) is 5.32 Å². The Hall–Kier alpha value is -1.63. The predicted molar refractivity (Wildman–Crippen MR) is 95.5 cm³/mol. The fraction of sp³-hybridized carbons (Fsp3) is 0.294. The maximum Gasteiger partial charge on any atom is 0.263 e. The van der Waals surface area contributed by atoms with Crippen molar-refractivity contribution in [2.45, 2.75) is 24.7 Å². The average Bonchev–Trinajstić information content (AvgIpc) is 2.52. The van der Waals surface area contributed by atoms with Crippen LogP contribution in [-0.2, 0) is 16.4 Å². The van der Waals surface area contributed by atoms with Gasteiger partial charge in [-0.25, -0.2) is 12.8 Å². The highest BCUT2D eigenvalue weighted by atomic mass is 35.5. The fourth-order valence-electron chi connectivity index (χ4n) is 2.18. The van der Waals surface area contributed by atoms with Crippen LogP contribution < -0.4 is 10.0 Å². The Bertz CT molecular complexity index is 780. The highest BCUT2D eigenvalue weighted by Crippen LogP contribution is 2.24. The third kappa shape index (κ3) is 5.19. The first-order chi connectivity index (χ1) is 11.4. The summed E-state index contributed by atoms with van der Waals surface area (Å²) in [7, 11) is -3.86. The van der Waals surface area contributed by atoms with Crippen molar-refractivity contribution in [2.75, 3.05) is 17.8 Å². The van der Waals surface area contributed by atoms with E-state index < -0.39 is 15.8 Å². The lowest BCUT2D eigenvalue weighted by Gasteiger charge is -2.10. The summed E-state index contributed by atoms with van der Waals surface area (Å²) in [5.41, 5.74) is 1.54. The van der Waals surface area contributed by atoms with Crippen LogP contribution in [0.2, 0.25) is 5.02 Å². The molecule has 0 radical (unpaired) electrons. The zero-order valence-electron chi connectivity index (χ0n) is 13.4. The van der Waals surface area contributed by atoms with Gasteiger partial charge in [0.1, 0.15) is 10.7 Å². The van der Waals surface area contributed by atoms with Crippen LogP contribution in [0.4, 0.5) is 10.1 Å². The van der Waals surface area contributed by atoms with Crippen molar-refractivity contribution in [3.05, 3.63) is 58.9 Å². The molecule has 2 aromatic rings. The van der Waals surface area contributed by atoms with Crippen molar-refractivity contribution in [1.29, 1.82) is 0 Å². The van der Waals surface area contributed by atoms with E-state index in [1.54, 1.807) is 12.1 Å². The van der Waals surface area contributed by atoms with Gasteiger partial charge in [0.15, 0.2) is 0 Å². The van der Waals surface area contributed by atoms with Crippen LogP contribution in [0.3, 0.4) is 0 Å². The summed E-state index contributed by atoms with van der Waals surface area (Å²) < 4.78 is 40.2. The van der Waals surface area contributed by atoms with Crippen LogP contribution in [0.5, 0.6) is 0 Å². The van der Waals surface area contributed by atoms with Gasteiger partial charge in [-0.15, -0.1) is 0 Å². The largest absolute Gasteiger partial charge is 0.316 e. The molecule has 0 spiro atoms. The van der Waals surface area contributed by atoms with Crippen molar-refractivity contribution in [3.8, 4) is 0 Å². The molecule has 0 atom stereocenters. The molecule has 0 amide bonds. The van der Waals surface area contributed by atoms with Gasteiger partial charge in [0.25, 0.3) is 10.0 Å². The Morgan fingerprint density at radius 1 is 1.08 bits per heavy atom. The van der Waals surface area contributed by atoms with Crippen molar-refractivity contribution < 1.29 is 12.8 Å². The SMILES string of the molecule is CCCNCCc1ccc(NS(=O)(=O)c2ccc(F)cc2Cl)cc1. The van der Waals surface area contributed by atoms with Crippen LogP contribution in [-0.4, -0.2) is 21.5 Å². The van der Waals surface area contributed by atoms with Crippen molar-refractivity contribution >= 4 is 27.3 Å². The van der Waals surface area contributed by atoms with E-state index in [4.69, 9.17) is 11.6 Å². The minimum absolute atomic E-state index is 0.152. The summed E-state index contributed by atoms with van der Waals surface area (Å²) in [5.74, 6) is -0.583. The third-order valence-electron chi connectivity index (χ3n) is 3.41. The first kappa shape index (κ1) is 18.7. The second kappa shape index (κ2) is 8.46. The summed E-state index contributed by atoms with van der Waals surface area (Å²) >= 11 is 5.82. The zero-order chi connectivity index (χ0) is 17.6. The van der Waals surface area contributed by atoms with Gasteiger partial charge in [0.2, 0.25) is 0 Å². The summed E-state index contributed by atoms with van der Waals surface area (Å²) in [6.45, 7) is 3.97. The van der Waals surface area contributed by atoms with E-state index in [0.717, 1.165) is 49.7 Å². The van der Waals surface area contributed by atoms with Gasteiger partial charge in [-0.3, -0.25) is 4.72 Å². The Kier molecular flexibility index (Phi) is 6.60. The zero-order valence-corrected chi connectivity index (χ0v) is 14.9. The smallest absolute Gasteiger partial charge is 0.263 e. The van der Waals surface area contributed by atoms with E-state index in [9.17, 15) is 12.8 Å². The lowest BCUT2D eigenvalue weighted by Crippen LogP contribution is -2.17. The highest BCUT2D eigenvalue weighted by Gasteiger charge is 2.18. The van der Waals surface area contributed by atoms with Gasteiger partial charge in [-0.1, -0.05) is 30.7 Å². The van der Waals surface area contributed by atoms with Crippen molar-refractivity contribution in [3.63, 3.8) is 0 Å². The average molecular weight is 371 g/mol. The molecule has 0 aromatic heterocycles. The molecular formula is C17H20ClFN2O2S. The Morgan fingerprint density at radius 3 is 2.42 bits per heavy atom. The second-order valence-electron chi connectivity index (χ2n) is 5.38. The van der Waals surface area contributed by atoms with Gasteiger partial charge in [0.05, 0.1) is 5.02 Å². The number of anilines is 1. The monoisotopic (exact) mass is 370 g/mol. The number of hydrogen-bond acceptors (Lipinski definition) is 3. The molecule has 2 N–H and O–H groups in total. The standard InChI is InChI=1S/C17H20ClFN2O2S/c1-2-10-20-11-9-13-3-6-15(7-4-13)21-24(22,23)17-8-5-14(19)12-16(17)18/h3-8,12,20-21H,2,9-11H2,1H3. The molecule has 7 heteroatoms. The molecule has 0 bridgehead atoms. The molecule has 24 heavy (non-hydrogen) atoms. The number of nitrogens with one attached hydrogen (secondary N) is 2. The van der Waals surface area contributed by atoms with Crippen LogP contribution in [0.1, 0.15) is 18.9 Å². The number of sulfonamides is 1. The molecule has 0 unspecified atom stereocenters. The number of hydrogen-bond donors (Lipinski definition) is 2. The van der Waals surface area contributed by atoms with Gasteiger partial charge in [-0.2, -0.15) is 0 Å². The molecule has 2 aromatic carbocycles. The first-order valence-corrected chi connectivity index (χ1v) is 9.56. The number of rotatable bonds is 8. The highest BCUT2D eigenvalue weighted by molar-refractivity contribution is 7.92. The molecule has 0 saturated carbocycles. The quantitative estimate of drug-likeness (QED) is 0.694. The minimum atomic E-state index is -3.86. The summed E-state index contributed by atoms with van der Waals surface area (Å²) in [6.07, 6.45) is 1.96. The molecular weight excluding hydrogens is 351 g/mol. The topological polar surface area (TPSA) is 58.2 Å². The summed E-state index contributed by atoms with van der Waals surface area (Å²) in [4.78, 5) is -0.154. The first-order valence-electron chi connectivity index (χ1n) is 7.70. The fourth-order valence-corrected chi connectivity index (χ4v) is 3.77. The number of halogens is 2. The van der Waals surface area contributed by atoms with Gasteiger partial charge < -0.3 is 5.32 Å². The molecule has 4 nitrogen and oxygen atoms in total. The number of benzene rings is 2. The van der Waals surface area contributed by atoms with Crippen LogP contribution in [0, 0.1) is 5.82 Å². The van der Waals surface area contributed by atoms with Crippen LogP contribution >= 0.6 is 11.6 Å². The molecule has 0 fully saturated rings. The maximum absolute atomic E-state index is 13.1. The second-order valence-corrected chi connectivity index (χ2v) is 7.44.